The van der Waals surface area contributed by atoms with E-state index < -0.39 is 0 Å². The Labute approximate surface area is 163 Å². The number of hydrogen-bond donors (Lipinski definition) is 0. The van der Waals surface area contributed by atoms with Crippen molar-refractivity contribution in [2.75, 3.05) is 6.61 Å². The van der Waals surface area contributed by atoms with Gasteiger partial charge in [-0.05, 0) is 72.6 Å². The number of halogens is 2. The lowest BCUT2D eigenvalue weighted by molar-refractivity contribution is 0.306. The second-order valence-corrected chi connectivity index (χ2v) is 6.20. The molecule has 0 atom stereocenters. The average Bonchev–Trinajstić information content (AvgIpc) is 2.67. The molecule has 0 amide bonds. The number of nitrogens with zero attached hydrogens (tertiary/aromatic N) is 1. The summed E-state index contributed by atoms with van der Waals surface area (Å²) in [6.45, 7) is 2.83. The minimum Gasteiger partial charge on any atom is -0.494 e. The van der Waals surface area contributed by atoms with E-state index in [1.807, 2.05) is 37.3 Å². The van der Waals surface area contributed by atoms with Crippen molar-refractivity contribution in [1.82, 2.24) is 0 Å². The van der Waals surface area contributed by atoms with Crippen molar-refractivity contribution >= 4 is 23.5 Å². The Balaban J connectivity index is 1.63. The summed E-state index contributed by atoms with van der Waals surface area (Å²) >= 11 is 6.29. The van der Waals surface area contributed by atoms with Gasteiger partial charge in [0.15, 0.2) is 0 Å². The van der Waals surface area contributed by atoms with Gasteiger partial charge in [-0.2, -0.15) is 0 Å². The maximum Gasteiger partial charge on any atom is 0.138 e. The Bertz CT molecular complexity index is 926. The number of aliphatic imine (C=N–C) groups is 1. The van der Waals surface area contributed by atoms with E-state index in [1.165, 1.54) is 12.1 Å². The van der Waals surface area contributed by atoms with Gasteiger partial charge >= 0.3 is 0 Å². The molecule has 3 rings (SSSR count). The van der Waals surface area contributed by atoms with E-state index in [0.717, 1.165) is 22.6 Å². The molecule has 0 unspecified atom stereocenters. The monoisotopic (exact) mass is 383 g/mol. The van der Waals surface area contributed by atoms with Crippen molar-refractivity contribution in [3.8, 4) is 11.5 Å². The first kappa shape index (κ1) is 18.9. The van der Waals surface area contributed by atoms with Crippen molar-refractivity contribution in [1.29, 1.82) is 0 Å². The second kappa shape index (κ2) is 9.19. The zero-order chi connectivity index (χ0) is 19.1. The lowest BCUT2D eigenvalue weighted by Gasteiger charge is -2.09. The summed E-state index contributed by atoms with van der Waals surface area (Å²) in [6.07, 6.45) is 1.73. The van der Waals surface area contributed by atoms with Crippen LogP contribution in [-0.2, 0) is 6.61 Å². The molecule has 0 heterocycles. The number of ether oxygens (including phenoxy) is 2. The van der Waals surface area contributed by atoms with Gasteiger partial charge in [0.05, 0.1) is 17.3 Å². The molecule has 0 radical (unpaired) electrons. The summed E-state index contributed by atoms with van der Waals surface area (Å²) in [6, 6.07) is 19.2. The molecule has 0 aliphatic rings. The molecule has 0 aliphatic carbocycles. The minimum absolute atomic E-state index is 0.247. The Kier molecular flexibility index (Phi) is 6.44. The quantitative estimate of drug-likeness (QED) is 0.454. The summed E-state index contributed by atoms with van der Waals surface area (Å²) in [5.74, 6) is 1.07. The van der Waals surface area contributed by atoms with Crippen LogP contribution in [0.2, 0.25) is 5.02 Å². The standard InChI is InChI=1S/C22H19ClFNO2/c1-2-26-20-9-7-19(8-10-20)25-14-16-6-11-22(21(23)13-16)27-15-17-4-3-5-18(24)12-17/h3-14H,2,15H2,1H3. The Morgan fingerprint density at radius 1 is 1.00 bits per heavy atom. The van der Waals surface area contributed by atoms with Gasteiger partial charge in [-0.3, -0.25) is 4.99 Å². The van der Waals surface area contributed by atoms with Crippen LogP contribution in [0.15, 0.2) is 71.7 Å². The molecule has 0 saturated heterocycles. The largest absolute Gasteiger partial charge is 0.494 e. The van der Waals surface area contributed by atoms with Crippen LogP contribution in [0, 0.1) is 5.82 Å². The predicted molar refractivity (Wildman–Crippen MR) is 107 cm³/mol. The molecule has 0 fully saturated rings. The third kappa shape index (κ3) is 5.56. The lowest BCUT2D eigenvalue weighted by Crippen LogP contribution is -1.97. The van der Waals surface area contributed by atoms with Crippen LogP contribution in [0.1, 0.15) is 18.1 Å². The summed E-state index contributed by atoms with van der Waals surface area (Å²) in [7, 11) is 0. The predicted octanol–water partition coefficient (Wildman–Crippen LogP) is 6.21. The lowest BCUT2D eigenvalue weighted by atomic mass is 10.2. The summed E-state index contributed by atoms with van der Waals surface area (Å²) < 4.78 is 24.3. The fourth-order valence-electron chi connectivity index (χ4n) is 2.45. The SMILES string of the molecule is CCOc1ccc(N=Cc2ccc(OCc3cccc(F)c3)c(Cl)c2)cc1. The number of rotatable bonds is 7. The highest BCUT2D eigenvalue weighted by Crippen LogP contribution is 2.26. The van der Waals surface area contributed by atoms with Gasteiger partial charge in [0.1, 0.15) is 23.9 Å². The first-order valence-electron chi connectivity index (χ1n) is 8.58. The van der Waals surface area contributed by atoms with Crippen LogP contribution in [0.3, 0.4) is 0 Å². The molecule has 3 aromatic rings. The van der Waals surface area contributed by atoms with Crippen LogP contribution in [0.25, 0.3) is 0 Å². The van der Waals surface area contributed by atoms with Crippen molar-refractivity contribution in [3.63, 3.8) is 0 Å². The molecule has 138 valence electrons. The molecule has 27 heavy (non-hydrogen) atoms. The van der Waals surface area contributed by atoms with Crippen molar-refractivity contribution in [2.24, 2.45) is 4.99 Å². The molecular formula is C22H19ClFNO2. The van der Waals surface area contributed by atoms with Crippen LogP contribution in [0.5, 0.6) is 11.5 Å². The molecule has 3 aromatic carbocycles. The van der Waals surface area contributed by atoms with Crippen LogP contribution < -0.4 is 9.47 Å². The maximum atomic E-state index is 13.2. The average molecular weight is 384 g/mol. The first-order valence-corrected chi connectivity index (χ1v) is 8.95. The first-order chi connectivity index (χ1) is 13.1. The summed E-state index contributed by atoms with van der Waals surface area (Å²) in [5, 5.41) is 0.474. The molecule has 5 heteroatoms. The molecule has 0 bridgehead atoms. The van der Waals surface area contributed by atoms with Crippen molar-refractivity contribution < 1.29 is 13.9 Å². The Hall–Kier alpha value is -2.85. The van der Waals surface area contributed by atoms with Gasteiger partial charge in [-0.15, -0.1) is 0 Å². The number of hydrogen-bond acceptors (Lipinski definition) is 3. The molecule has 3 nitrogen and oxygen atoms in total. The fourth-order valence-corrected chi connectivity index (χ4v) is 2.69. The molecule has 0 N–H and O–H groups in total. The summed E-state index contributed by atoms with van der Waals surface area (Å²) in [5.41, 5.74) is 2.42. The van der Waals surface area contributed by atoms with Crippen molar-refractivity contribution in [3.05, 3.63) is 88.7 Å². The van der Waals surface area contributed by atoms with E-state index in [4.69, 9.17) is 21.1 Å². The molecular weight excluding hydrogens is 365 g/mol. The zero-order valence-corrected chi connectivity index (χ0v) is 15.6. The molecule has 0 aromatic heterocycles. The van der Waals surface area contributed by atoms with Crippen LogP contribution in [0.4, 0.5) is 10.1 Å². The van der Waals surface area contributed by atoms with Gasteiger partial charge < -0.3 is 9.47 Å². The highest BCUT2D eigenvalue weighted by molar-refractivity contribution is 6.32. The van der Waals surface area contributed by atoms with Gasteiger partial charge in [0.2, 0.25) is 0 Å². The Morgan fingerprint density at radius 2 is 1.81 bits per heavy atom. The van der Waals surface area contributed by atoms with Gasteiger partial charge in [-0.25, -0.2) is 4.39 Å². The van der Waals surface area contributed by atoms with E-state index in [9.17, 15) is 4.39 Å². The normalized spacial score (nSPS) is 10.9. The van der Waals surface area contributed by atoms with Gasteiger partial charge in [-0.1, -0.05) is 23.7 Å². The topological polar surface area (TPSA) is 30.8 Å². The van der Waals surface area contributed by atoms with Crippen LogP contribution >= 0.6 is 11.6 Å². The highest BCUT2D eigenvalue weighted by atomic mass is 35.5. The van der Waals surface area contributed by atoms with Crippen LogP contribution in [-0.4, -0.2) is 12.8 Å². The van der Waals surface area contributed by atoms with E-state index in [1.54, 1.807) is 30.5 Å². The molecule has 0 spiro atoms. The minimum atomic E-state index is -0.289. The molecule has 0 aliphatic heterocycles. The van der Waals surface area contributed by atoms with E-state index >= 15 is 0 Å². The smallest absolute Gasteiger partial charge is 0.138 e. The molecule has 0 saturated carbocycles. The zero-order valence-electron chi connectivity index (χ0n) is 14.9. The Morgan fingerprint density at radius 3 is 2.52 bits per heavy atom. The third-order valence-corrected chi connectivity index (χ3v) is 4.05. The van der Waals surface area contributed by atoms with E-state index in [-0.39, 0.29) is 12.4 Å². The third-order valence-electron chi connectivity index (χ3n) is 3.75. The fraction of sp³-hybridized carbons (Fsp3) is 0.136. The number of benzene rings is 3. The van der Waals surface area contributed by atoms with E-state index in [0.29, 0.717) is 17.4 Å². The van der Waals surface area contributed by atoms with E-state index in [2.05, 4.69) is 4.99 Å². The van der Waals surface area contributed by atoms with Crippen molar-refractivity contribution in [2.45, 2.75) is 13.5 Å². The van der Waals surface area contributed by atoms with Gasteiger partial charge in [0, 0.05) is 6.21 Å². The summed E-state index contributed by atoms with van der Waals surface area (Å²) in [4.78, 5) is 4.43. The van der Waals surface area contributed by atoms with Gasteiger partial charge in [0.25, 0.3) is 0 Å². The highest BCUT2D eigenvalue weighted by Gasteiger charge is 2.04. The second-order valence-electron chi connectivity index (χ2n) is 5.79. The maximum absolute atomic E-state index is 13.2.